The third kappa shape index (κ3) is 4.16. The second-order valence-corrected chi connectivity index (χ2v) is 11.7. The van der Waals surface area contributed by atoms with Crippen LogP contribution in [0.3, 0.4) is 0 Å². The lowest BCUT2D eigenvalue weighted by atomic mass is 9.81. The molecule has 0 bridgehead atoms. The summed E-state index contributed by atoms with van der Waals surface area (Å²) in [6, 6.07) is 4.43. The standard InChI is InChI=1S/C29H38F2N6O3/c1-3-39-25-21(37-15-20(16-37)35-12-8-32-9-13-35)14-22(34-24(25)27(30)31)36-10-5-28(6-11-36)23-19(2)4-7-33-26(23)29(40-28)17-38-18-29/h4,7,14,20,27,32H,3,5-6,8-13,15-18H2,1-2H3. The van der Waals surface area contributed by atoms with Crippen molar-refractivity contribution in [3.8, 4) is 5.75 Å². The van der Waals surface area contributed by atoms with Crippen LogP contribution in [0.4, 0.5) is 20.3 Å². The van der Waals surface area contributed by atoms with Gasteiger partial charge in [0.1, 0.15) is 11.4 Å². The van der Waals surface area contributed by atoms with Gasteiger partial charge in [0.2, 0.25) is 0 Å². The van der Waals surface area contributed by atoms with Crippen LogP contribution >= 0.6 is 0 Å². The van der Waals surface area contributed by atoms with Gasteiger partial charge in [-0.25, -0.2) is 13.8 Å². The van der Waals surface area contributed by atoms with E-state index in [2.05, 4.69) is 31.9 Å². The van der Waals surface area contributed by atoms with Crippen molar-refractivity contribution in [1.82, 2.24) is 20.2 Å². The summed E-state index contributed by atoms with van der Waals surface area (Å²) in [6.07, 6.45) is 0.596. The molecule has 1 N–H and O–H groups in total. The van der Waals surface area contributed by atoms with Crippen molar-refractivity contribution >= 4 is 11.5 Å². The molecule has 0 aliphatic carbocycles. The zero-order chi connectivity index (χ0) is 27.5. The number of nitrogens with one attached hydrogen (secondary N) is 1. The molecule has 5 aliphatic heterocycles. The highest BCUT2D eigenvalue weighted by Gasteiger charge is 2.59. The first kappa shape index (κ1) is 26.3. The van der Waals surface area contributed by atoms with Gasteiger partial charge in [-0.1, -0.05) is 0 Å². The number of hydrogen-bond donors (Lipinski definition) is 1. The highest BCUT2D eigenvalue weighted by molar-refractivity contribution is 5.68. The van der Waals surface area contributed by atoms with Gasteiger partial charge in [-0.05, 0) is 38.3 Å². The van der Waals surface area contributed by atoms with Crippen LogP contribution in [0.5, 0.6) is 5.75 Å². The predicted molar refractivity (Wildman–Crippen MR) is 146 cm³/mol. The summed E-state index contributed by atoms with van der Waals surface area (Å²) in [7, 11) is 0. The van der Waals surface area contributed by atoms with Gasteiger partial charge in [0.15, 0.2) is 17.0 Å². The predicted octanol–water partition coefficient (Wildman–Crippen LogP) is 2.97. The fourth-order valence-corrected chi connectivity index (χ4v) is 7.18. The molecule has 0 radical (unpaired) electrons. The number of hydrogen-bond acceptors (Lipinski definition) is 9. The Morgan fingerprint density at radius 3 is 2.50 bits per heavy atom. The molecular weight excluding hydrogens is 518 g/mol. The van der Waals surface area contributed by atoms with E-state index in [-0.39, 0.29) is 11.4 Å². The number of halogens is 2. The molecule has 9 nitrogen and oxygen atoms in total. The largest absolute Gasteiger partial charge is 0.490 e. The molecule has 7 rings (SSSR count). The first-order chi connectivity index (χ1) is 19.4. The maximum absolute atomic E-state index is 14.4. The van der Waals surface area contributed by atoms with Gasteiger partial charge in [0, 0.05) is 76.2 Å². The van der Waals surface area contributed by atoms with Crippen LogP contribution < -0.4 is 19.9 Å². The quantitative estimate of drug-likeness (QED) is 0.578. The van der Waals surface area contributed by atoms with E-state index >= 15 is 0 Å². The van der Waals surface area contributed by atoms with Crippen molar-refractivity contribution < 1.29 is 23.0 Å². The Bertz CT molecular complexity index is 1250. The van der Waals surface area contributed by atoms with Crippen LogP contribution in [0.15, 0.2) is 18.3 Å². The van der Waals surface area contributed by atoms with Gasteiger partial charge >= 0.3 is 0 Å². The summed E-state index contributed by atoms with van der Waals surface area (Å²) in [5, 5.41) is 3.40. The average molecular weight is 557 g/mol. The summed E-state index contributed by atoms with van der Waals surface area (Å²) >= 11 is 0. The highest BCUT2D eigenvalue weighted by atomic mass is 19.3. The smallest absolute Gasteiger partial charge is 0.284 e. The number of ether oxygens (including phenoxy) is 3. The van der Waals surface area contributed by atoms with Crippen molar-refractivity contribution in [1.29, 1.82) is 0 Å². The van der Waals surface area contributed by atoms with Gasteiger partial charge in [-0.15, -0.1) is 0 Å². The fraction of sp³-hybridized carbons (Fsp3) is 0.655. The van der Waals surface area contributed by atoms with Crippen LogP contribution in [0.1, 0.15) is 48.7 Å². The number of pyridine rings is 2. The molecular formula is C29H38F2N6O3. The van der Waals surface area contributed by atoms with Crippen LogP contribution in [-0.2, 0) is 20.7 Å². The summed E-state index contributed by atoms with van der Waals surface area (Å²) in [4.78, 5) is 16.0. The first-order valence-corrected chi connectivity index (χ1v) is 14.6. The van der Waals surface area contributed by atoms with Crippen LogP contribution in [0.25, 0.3) is 0 Å². The number of aromatic nitrogens is 2. The number of rotatable bonds is 6. The maximum Gasteiger partial charge on any atom is 0.284 e. The Morgan fingerprint density at radius 1 is 1.10 bits per heavy atom. The maximum atomic E-state index is 14.4. The molecule has 0 amide bonds. The number of piperazine rings is 1. The molecule has 2 aromatic heterocycles. The molecule has 2 spiro atoms. The zero-order valence-electron chi connectivity index (χ0n) is 23.3. The summed E-state index contributed by atoms with van der Waals surface area (Å²) in [5.74, 6) is 0.798. The Balaban J connectivity index is 1.15. The molecule has 0 atom stereocenters. The van der Waals surface area contributed by atoms with E-state index in [0.29, 0.717) is 44.8 Å². The van der Waals surface area contributed by atoms with Gasteiger partial charge in [-0.3, -0.25) is 9.88 Å². The number of nitrogens with zero attached hydrogens (tertiary/aromatic N) is 5. The highest BCUT2D eigenvalue weighted by Crippen LogP contribution is 2.55. The van der Waals surface area contributed by atoms with Gasteiger partial charge in [0.25, 0.3) is 6.43 Å². The summed E-state index contributed by atoms with van der Waals surface area (Å²) in [6.45, 7) is 12.2. The Morgan fingerprint density at radius 2 is 1.85 bits per heavy atom. The Hall–Kier alpha value is -2.60. The van der Waals surface area contributed by atoms with Crippen LogP contribution in [0, 0.1) is 6.92 Å². The number of anilines is 2. The Labute approximate surface area is 233 Å². The van der Waals surface area contributed by atoms with Crippen molar-refractivity contribution in [2.45, 2.75) is 50.4 Å². The number of piperidine rings is 1. The monoisotopic (exact) mass is 556 g/mol. The van der Waals surface area contributed by atoms with Crippen molar-refractivity contribution in [2.24, 2.45) is 0 Å². The number of alkyl halides is 2. The zero-order valence-corrected chi connectivity index (χ0v) is 23.3. The molecule has 0 aromatic carbocycles. The van der Waals surface area contributed by atoms with E-state index < -0.39 is 17.6 Å². The minimum Gasteiger partial charge on any atom is -0.490 e. The number of aryl methyl sites for hydroxylation is 1. The van der Waals surface area contributed by atoms with Crippen LogP contribution in [0.2, 0.25) is 0 Å². The molecule has 216 valence electrons. The van der Waals surface area contributed by atoms with E-state index in [0.717, 1.165) is 63.5 Å². The summed E-state index contributed by atoms with van der Waals surface area (Å²) < 4.78 is 47.0. The van der Waals surface area contributed by atoms with E-state index in [4.69, 9.17) is 19.2 Å². The van der Waals surface area contributed by atoms with E-state index in [9.17, 15) is 8.78 Å². The normalized spacial score (nSPS) is 23.9. The lowest BCUT2D eigenvalue weighted by Gasteiger charge is -2.48. The summed E-state index contributed by atoms with van der Waals surface area (Å²) in [5.41, 5.74) is 2.92. The number of fused-ring (bicyclic) bond motifs is 3. The molecule has 7 heterocycles. The average Bonchev–Trinajstić information content (AvgIpc) is 3.21. The third-order valence-corrected chi connectivity index (χ3v) is 9.34. The topological polar surface area (TPSA) is 75.2 Å². The molecule has 4 fully saturated rings. The fourth-order valence-electron chi connectivity index (χ4n) is 7.18. The Kier molecular flexibility index (Phi) is 6.60. The third-order valence-electron chi connectivity index (χ3n) is 9.34. The second kappa shape index (κ2) is 10.0. The lowest BCUT2D eigenvalue weighted by molar-refractivity contribution is -0.260. The molecule has 0 saturated carbocycles. The minimum absolute atomic E-state index is 0.218. The van der Waals surface area contributed by atoms with E-state index in [1.54, 1.807) is 0 Å². The first-order valence-electron chi connectivity index (χ1n) is 14.6. The second-order valence-electron chi connectivity index (χ2n) is 11.7. The van der Waals surface area contributed by atoms with Gasteiger partial charge in [0.05, 0.1) is 31.2 Å². The molecule has 5 aliphatic rings. The molecule has 11 heteroatoms. The van der Waals surface area contributed by atoms with Crippen molar-refractivity contribution in [2.75, 3.05) is 82.0 Å². The molecule has 0 unspecified atom stereocenters. The van der Waals surface area contributed by atoms with Crippen LogP contribution in [-0.4, -0.2) is 93.1 Å². The van der Waals surface area contributed by atoms with Crippen molar-refractivity contribution in [3.63, 3.8) is 0 Å². The van der Waals surface area contributed by atoms with Crippen molar-refractivity contribution in [3.05, 3.63) is 40.8 Å². The molecule has 2 aromatic rings. The minimum atomic E-state index is -2.72. The molecule has 4 saturated heterocycles. The van der Waals surface area contributed by atoms with Gasteiger partial charge in [-0.2, -0.15) is 0 Å². The SMILES string of the molecule is CCOc1c(N2CC(N3CCNCC3)C2)cc(N2CCC3(CC2)OC2(COC2)c2nccc(C)c23)nc1C(F)F. The molecule has 40 heavy (non-hydrogen) atoms. The van der Waals surface area contributed by atoms with E-state index in [1.165, 1.54) is 11.1 Å². The van der Waals surface area contributed by atoms with Gasteiger partial charge < -0.3 is 29.3 Å². The van der Waals surface area contributed by atoms with E-state index in [1.807, 2.05) is 25.3 Å². The lowest BCUT2D eigenvalue weighted by Crippen LogP contribution is -2.63.